The molecule has 7 heteroatoms. The van der Waals surface area contributed by atoms with Crippen LogP contribution in [0, 0.1) is 17.0 Å². The molecule has 1 amide bonds. The summed E-state index contributed by atoms with van der Waals surface area (Å²) < 4.78 is 5.50. The number of benzene rings is 2. The Morgan fingerprint density at radius 3 is 2.76 bits per heavy atom. The second-order valence-corrected chi connectivity index (χ2v) is 5.77. The lowest BCUT2D eigenvalue weighted by Crippen LogP contribution is -2.20. The summed E-state index contributed by atoms with van der Waals surface area (Å²) in [6.45, 7) is 5.28. The van der Waals surface area contributed by atoms with Gasteiger partial charge in [-0.25, -0.2) is 0 Å². The SMILES string of the molecule is C=CCc1cc([N+](=O)[O-])ccc1OCC(=O)Nc1ccc(C)cc1Cl. The molecule has 0 atom stereocenters. The molecule has 2 aromatic rings. The number of carbonyl (C=O) groups is 1. The normalized spacial score (nSPS) is 10.2. The molecule has 0 aliphatic carbocycles. The molecule has 130 valence electrons. The first-order chi connectivity index (χ1) is 11.9. The van der Waals surface area contributed by atoms with E-state index in [0.717, 1.165) is 5.56 Å². The lowest BCUT2D eigenvalue weighted by molar-refractivity contribution is -0.384. The van der Waals surface area contributed by atoms with Crippen LogP contribution >= 0.6 is 11.6 Å². The van der Waals surface area contributed by atoms with Crippen LogP contribution < -0.4 is 10.1 Å². The van der Waals surface area contributed by atoms with Gasteiger partial charge in [-0.15, -0.1) is 6.58 Å². The van der Waals surface area contributed by atoms with Crippen LogP contribution in [-0.2, 0) is 11.2 Å². The minimum atomic E-state index is -0.484. The smallest absolute Gasteiger partial charge is 0.269 e. The fourth-order valence-electron chi connectivity index (χ4n) is 2.19. The Bertz CT molecular complexity index is 821. The molecule has 0 unspecified atom stereocenters. The third-order valence-corrected chi connectivity index (χ3v) is 3.69. The summed E-state index contributed by atoms with van der Waals surface area (Å²) >= 11 is 6.07. The van der Waals surface area contributed by atoms with Crippen molar-refractivity contribution >= 4 is 28.9 Å². The van der Waals surface area contributed by atoms with Crippen LogP contribution in [-0.4, -0.2) is 17.4 Å². The number of aryl methyl sites for hydroxylation is 1. The number of allylic oxidation sites excluding steroid dienone is 1. The molecule has 1 N–H and O–H groups in total. The van der Waals surface area contributed by atoms with E-state index in [-0.39, 0.29) is 18.2 Å². The molecule has 0 fully saturated rings. The number of nitro benzene ring substituents is 1. The van der Waals surface area contributed by atoms with Gasteiger partial charge in [-0.2, -0.15) is 0 Å². The van der Waals surface area contributed by atoms with Crippen molar-refractivity contribution in [3.05, 3.63) is 75.3 Å². The summed E-state index contributed by atoms with van der Waals surface area (Å²) in [5, 5.41) is 14.0. The van der Waals surface area contributed by atoms with Crippen molar-refractivity contribution in [2.24, 2.45) is 0 Å². The molecular formula is C18H17ClN2O4. The van der Waals surface area contributed by atoms with E-state index in [0.29, 0.717) is 28.4 Å². The summed E-state index contributed by atoms with van der Waals surface area (Å²) in [5.41, 5.74) is 2.03. The van der Waals surface area contributed by atoms with Crippen molar-refractivity contribution in [2.45, 2.75) is 13.3 Å². The van der Waals surface area contributed by atoms with Gasteiger partial charge in [0.15, 0.2) is 6.61 Å². The molecule has 0 aliphatic heterocycles. The summed E-state index contributed by atoms with van der Waals surface area (Å²) in [5.74, 6) is 0.0179. The third-order valence-electron chi connectivity index (χ3n) is 3.38. The van der Waals surface area contributed by atoms with Gasteiger partial charge in [0, 0.05) is 17.7 Å². The molecule has 2 rings (SSSR count). The fraction of sp³-hybridized carbons (Fsp3) is 0.167. The number of anilines is 1. The second-order valence-electron chi connectivity index (χ2n) is 5.36. The van der Waals surface area contributed by atoms with Gasteiger partial charge in [-0.05, 0) is 37.1 Å². The Morgan fingerprint density at radius 1 is 1.36 bits per heavy atom. The molecular weight excluding hydrogens is 344 g/mol. The molecule has 0 saturated heterocycles. The van der Waals surface area contributed by atoms with Gasteiger partial charge in [-0.3, -0.25) is 14.9 Å². The monoisotopic (exact) mass is 360 g/mol. The maximum absolute atomic E-state index is 12.0. The molecule has 0 aliphatic rings. The summed E-state index contributed by atoms with van der Waals surface area (Å²) in [6, 6.07) is 9.51. The highest BCUT2D eigenvalue weighted by atomic mass is 35.5. The van der Waals surface area contributed by atoms with Crippen LogP contribution in [0.4, 0.5) is 11.4 Å². The number of nitrogens with zero attached hydrogens (tertiary/aromatic N) is 1. The molecule has 0 radical (unpaired) electrons. The van der Waals surface area contributed by atoms with Gasteiger partial charge in [0.1, 0.15) is 5.75 Å². The van der Waals surface area contributed by atoms with E-state index in [1.807, 2.05) is 13.0 Å². The largest absolute Gasteiger partial charge is 0.483 e. The maximum atomic E-state index is 12.0. The standard InChI is InChI=1S/C18H17ClN2O4/c1-3-4-13-10-14(21(23)24)6-8-17(13)25-11-18(22)20-16-7-5-12(2)9-15(16)19/h3,5-10H,1,4,11H2,2H3,(H,20,22). The number of rotatable bonds is 7. The number of halogens is 1. The van der Waals surface area contributed by atoms with Crippen molar-refractivity contribution in [1.82, 2.24) is 0 Å². The van der Waals surface area contributed by atoms with Gasteiger partial charge in [0.2, 0.25) is 0 Å². The number of amides is 1. The van der Waals surface area contributed by atoms with Gasteiger partial charge < -0.3 is 10.1 Å². The number of hydrogen-bond acceptors (Lipinski definition) is 4. The van der Waals surface area contributed by atoms with Crippen LogP contribution in [0.2, 0.25) is 5.02 Å². The predicted octanol–water partition coefficient (Wildman–Crippen LogP) is 4.30. The quantitative estimate of drug-likeness (QED) is 0.453. The van der Waals surface area contributed by atoms with E-state index >= 15 is 0 Å². The van der Waals surface area contributed by atoms with Crippen molar-refractivity contribution < 1.29 is 14.5 Å². The lowest BCUT2D eigenvalue weighted by atomic mass is 10.1. The van der Waals surface area contributed by atoms with Gasteiger partial charge >= 0.3 is 0 Å². The van der Waals surface area contributed by atoms with E-state index in [1.54, 1.807) is 18.2 Å². The number of nitro groups is 1. The molecule has 0 bridgehead atoms. The zero-order chi connectivity index (χ0) is 18.4. The number of ether oxygens (including phenoxy) is 1. The highest BCUT2D eigenvalue weighted by molar-refractivity contribution is 6.33. The molecule has 0 aromatic heterocycles. The van der Waals surface area contributed by atoms with Crippen LogP contribution in [0.5, 0.6) is 5.75 Å². The Morgan fingerprint density at radius 2 is 2.12 bits per heavy atom. The Balaban J connectivity index is 2.05. The first-order valence-corrected chi connectivity index (χ1v) is 7.85. The highest BCUT2D eigenvalue weighted by Gasteiger charge is 2.13. The molecule has 2 aromatic carbocycles. The van der Waals surface area contributed by atoms with E-state index < -0.39 is 4.92 Å². The summed E-state index contributed by atoms with van der Waals surface area (Å²) in [6.07, 6.45) is 2.00. The van der Waals surface area contributed by atoms with Crippen LogP contribution in [0.3, 0.4) is 0 Å². The number of non-ortho nitro benzene ring substituents is 1. The van der Waals surface area contributed by atoms with E-state index in [9.17, 15) is 14.9 Å². The Hall–Kier alpha value is -2.86. The van der Waals surface area contributed by atoms with E-state index in [4.69, 9.17) is 16.3 Å². The summed E-state index contributed by atoms with van der Waals surface area (Å²) in [7, 11) is 0. The average molecular weight is 361 g/mol. The summed E-state index contributed by atoms with van der Waals surface area (Å²) in [4.78, 5) is 22.4. The van der Waals surface area contributed by atoms with Gasteiger partial charge in [0.05, 0.1) is 15.6 Å². The minimum Gasteiger partial charge on any atom is -0.483 e. The van der Waals surface area contributed by atoms with Crippen LogP contribution in [0.1, 0.15) is 11.1 Å². The lowest BCUT2D eigenvalue weighted by Gasteiger charge is -2.11. The van der Waals surface area contributed by atoms with Crippen molar-refractivity contribution in [3.63, 3.8) is 0 Å². The molecule has 25 heavy (non-hydrogen) atoms. The molecule has 0 heterocycles. The van der Waals surface area contributed by atoms with Crippen LogP contribution in [0.25, 0.3) is 0 Å². The Labute approximate surface area is 150 Å². The topological polar surface area (TPSA) is 81.5 Å². The van der Waals surface area contributed by atoms with E-state index in [1.165, 1.54) is 18.2 Å². The third kappa shape index (κ3) is 5.06. The highest BCUT2D eigenvalue weighted by Crippen LogP contribution is 2.26. The zero-order valence-electron chi connectivity index (χ0n) is 13.6. The van der Waals surface area contributed by atoms with E-state index in [2.05, 4.69) is 11.9 Å². The number of hydrogen-bond donors (Lipinski definition) is 1. The van der Waals surface area contributed by atoms with Gasteiger partial charge in [0.25, 0.3) is 11.6 Å². The maximum Gasteiger partial charge on any atom is 0.269 e. The van der Waals surface area contributed by atoms with Gasteiger partial charge in [-0.1, -0.05) is 23.7 Å². The Kier molecular flexibility index (Phi) is 6.14. The number of nitrogens with one attached hydrogen (secondary N) is 1. The molecule has 0 saturated carbocycles. The number of carbonyl (C=O) groups excluding carboxylic acids is 1. The van der Waals surface area contributed by atoms with Crippen molar-refractivity contribution in [3.8, 4) is 5.75 Å². The van der Waals surface area contributed by atoms with Crippen molar-refractivity contribution in [1.29, 1.82) is 0 Å². The molecule has 6 nitrogen and oxygen atoms in total. The predicted molar refractivity (Wildman–Crippen MR) is 97.3 cm³/mol. The fourth-order valence-corrected chi connectivity index (χ4v) is 2.47. The molecule has 0 spiro atoms. The second kappa shape index (κ2) is 8.30. The minimum absolute atomic E-state index is 0.0416. The first-order valence-electron chi connectivity index (χ1n) is 7.47. The average Bonchev–Trinajstić information content (AvgIpc) is 2.56. The van der Waals surface area contributed by atoms with Crippen LogP contribution in [0.15, 0.2) is 49.1 Å². The zero-order valence-corrected chi connectivity index (χ0v) is 14.4. The van der Waals surface area contributed by atoms with Crippen molar-refractivity contribution in [2.75, 3.05) is 11.9 Å². The first kappa shape index (κ1) is 18.5.